The lowest BCUT2D eigenvalue weighted by molar-refractivity contribution is -0.148. The van der Waals surface area contributed by atoms with Crippen LogP contribution >= 0.6 is 46.6 Å². The van der Waals surface area contributed by atoms with Crippen LogP contribution in [0.15, 0.2) is 72.8 Å². The fourth-order valence-corrected chi connectivity index (χ4v) is 5.52. The van der Waals surface area contributed by atoms with E-state index in [0.717, 1.165) is 11.8 Å². The smallest absolute Gasteiger partial charge is 0.338 e. The van der Waals surface area contributed by atoms with Gasteiger partial charge in [0.1, 0.15) is 6.61 Å². The lowest BCUT2D eigenvalue weighted by Crippen LogP contribution is -2.42. The predicted octanol–water partition coefficient (Wildman–Crippen LogP) is 6.26. The maximum Gasteiger partial charge on any atom is 0.338 e. The van der Waals surface area contributed by atoms with Crippen LogP contribution in [-0.2, 0) is 23.7 Å². The van der Waals surface area contributed by atoms with Crippen LogP contribution in [0.1, 0.15) is 38.0 Å². The molecule has 40 heavy (non-hydrogen) atoms. The van der Waals surface area contributed by atoms with Gasteiger partial charge in [0.2, 0.25) is 0 Å². The molecule has 0 bridgehead atoms. The third-order valence-electron chi connectivity index (χ3n) is 5.65. The van der Waals surface area contributed by atoms with E-state index in [1.807, 2.05) is 0 Å². The summed E-state index contributed by atoms with van der Waals surface area (Å²) in [5.41, 5.74) is -0.443. The Bertz CT molecular complexity index is 1380. The molecule has 3 aromatic carbocycles. The Hall–Kier alpha value is -3.24. The van der Waals surface area contributed by atoms with E-state index in [-0.39, 0.29) is 23.3 Å². The maximum absolute atomic E-state index is 13.1. The average Bonchev–Trinajstić information content (AvgIpc) is 3.22. The van der Waals surface area contributed by atoms with Gasteiger partial charge in [0.05, 0.1) is 21.9 Å². The van der Waals surface area contributed by atoms with Gasteiger partial charge >= 0.3 is 23.9 Å². The van der Waals surface area contributed by atoms with Crippen molar-refractivity contribution in [3.63, 3.8) is 0 Å². The highest BCUT2D eigenvalue weighted by Crippen LogP contribution is 2.40. The first-order valence-electron chi connectivity index (χ1n) is 11.8. The SMILES string of the molecule is CC(=O)OC1S[C@@H](COC(=O)c2ccc(Cl)cc2)[C@@H](OC(=O)c2ccc(Cl)cc2)[C@@H]1OC(=O)c1ccc(Cl)cc1. The number of carbonyl (C=O) groups is 4. The summed E-state index contributed by atoms with van der Waals surface area (Å²) in [6, 6.07) is 18.0. The Labute approximate surface area is 248 Å². The van der Waals surface area contributed by atoms with Crippen LogP contribution in [0.5, 0.6) is 0 Å². The maximum atomic E-state index is 13.1. The first-order valence-corrected chi connectivity index (χ1v) is 13.9. The fraction of sp³-hybridized carbons (Fsp3) is 0.214. The molecule has 1 aliphatic rings. The van der Waals surface area contributed by atoms with E-state index < -0.39 is 46.8 Å². The van der Waals surface area contributed by atoms with Crippen LogP contribution in [0, 0.1) is 0 Å². The Morgan fingerprint density at radius 1 is 0.625 bits per heavy atom. The summed E-state index contributed by atoms with van der Waals surface area (Å²) in [6.07, 6.45) is -2.39. The number of rotatable bonds is 8. The molecule has 4 atom stereocenters. The molecular formula is C28H21Cl3O8S. The minimum atomic E-state index is -1.23. The van der Waals surface area contributed by atoms with E-state index in [0.29, 0.717) is 15.1 Å². The van der Waals surface area contributed by atoms with Gasteiger partial charge in [-0.1, -0.05) is 34.8 Å². The highest BCUT2D eigenvalue weighted by atomic mass is 35.5. The molecule has 0 spiro atoms. The largest absolute Gasteiger partial charge is 0.461 e. The summed E-state index contributed by atoms with van der Waals surface area (Å²) in [6.45, 7) is 0.943. The highest BCUT2D eigenvalue weighted by molar-refractivity contribution is 8.00. The third-order valence-corrected chi connectivity index (χ3v) is 7.80. The van der Waals surface area contributed by atoms with E-state index in [9.17, 15) is 19.2 Å². The summed E-state index contributed by atoms with van der Waals surface area (Å²) in [7, 11) is 0. The molecule has 0 amide bonds. The summed E-state index contributed by atoms with van der Waals surface area (Å²) < 4.78 is 22.4. The Balaban J connectivity index is 1.59. The molecule has 1 saturated heterocycles. The van der Waals surface area contributed by atoms with Crippen LogP contribution in [-0.4, -0.2) is 53.4 Å². The van der Waals surface area contributed by atoms with E-state index >= 15 is 0 Å². The number of carbonyl (C=O) groups excluding carboxylic acids is 4. The standard InChI is InChI=1S/C28H21Cl3O8S/c1-15(32)37-28-24(39-27(35)18-6-12-21(31)13-7-18)23(38-26(34)17-4-10-20(30)11-5-17)22(40-28)14-36-25(33)16-2-8-19(29)9-3-16/h2-13,22-24,28H,14H2,1H3/t22-,23+,24-,28?/m0/s1. The van der Waals surface area contributed by atoms with E-state index in [1.165, 1.54) is 67.6 Å². The zero-order chi connectivity index (χ0) is 28.8. The second-order valence-electron chi connectivity index (χ2n) is 8.51. The number of hydrogen-bond donors (Lipinski definition) is 0. The third kappa shape index (κ3) is 7.69. The van der Waals surface area contributed by atoms with Gasteiger partial charge in [0.25, 0.3) is 0 Å². The number of thioether (sulfide) groups is 1. The predicted molar refractivity (Wildman–Crippen MR) is 150 cm³/mol. The van der Waals surface area contributed by atoms with Crippen molar-refractivity contribution in [1.82, 2.24) is 0 Å². The quantitative estimate of drug-likeness (QED) is 0.212. The fourth-order valence-electron chi connectivity index (χ4n) is 3.73. The van der Waals surface area contributed by atoms with Gasteiger partial charge in [-0.25, -0.2) is 14.4 Å². The monoisotopic (exact) mass is 622 g/mol. The van der Waals surface area contributed by atoms with Crippen molar-refractivity contribution in [2.45, 2.75) is 29.8 Å². The Morgan fingerprint density at radius 2 is 1.02 bits per heavy atom. The average molecular weight is 624 g/mol. The first kappa shape index (κ1) is 29.7. The van der Waals surface area contributed by atoms with Gasteiger partial charge in [-0.15, -0.1) is 11.8 Å². The van der Waals surface area contributed by atoms with Crippen LogP contribution < -0.4 is 0 Å². The number of benzene rings is 3. The molecule has 208 valence electrons. The molecule has 0 saturated carbocycles. The lowest BCUT2D eigenvalue weighted by atomic mass is 10.1. The molecule has 4 rings (SSSR count). The van der Waals surface area contributed by atoms with Crippen molar-refractivity contribution in [1.29, 1.82) is 0 Å². The number of halogens is 3. The molecular weight excluding hydrogens is 603 g/mol. The van der Waals surface area contributed by atoms with Gasteiger partial charge in [-0.3, -0.25) is 4.79 Å². The van der Waals surface area contributed by atoms with Crippen molar-refractivity contribution < 1.29 is 38.1 Å². The van der Waals surface area contributed by atoms with E-state index in [2.05, 4.69) is 0 Å². The molecule has 1 heterocycles. The number of esters is 4. The van der Waals surface area contributed by atoms with Crippen molar-refractivity contribution in [3.05, 3.63) is 105 Å². The molecule has 3 aromatic rings. The summed E-state index contributed by atoms with van der Waals surface area (Å²) >= 11 is 18.8. The molecule has 8 nitrogen and oxygen atoms in total. The summed E-state index contributed by atoms with van der Waals surface area (Å²) in [5, 5.41) is 0.527. The number of hydrogen-bond acceptors (Lipinski definition) is 9. The van der Waals surface area contributed by atoms with Gasteiger partial charge in [0, 0.05) is 22.0 Å². The van der Waals surface area contributed by atoms with Gasteiger partial charge in [-0.2, -0.15) is 0 Å². The molecule has 1 unspecified atom stereocenters. The second kappa shape index (κ2) is 13.4. The van der Waals surface area contributed by atoms with Crippen LogP contribution in [0.25, 0.3) is 0 Å². The molecule has 0 N–H and O–H groups in total. The Morgan fingerprint density at radius 3 is 1.45 bits per heavy atom. The summed E-state index contributed by atoms with van der Waals surface area (Å²) in [5.74, 6) is -2.80. The Kier molecular flexibility index (Phi) is 9.97. The molecule has 1 fully saturated rings. The minimum Gasteiger partial charge on any atom is -0.461 e. The second-order valence-corrected chi connectivity index (χ2v) is 11.2. The zero-order valence-corrected chi connectivity index (χ0v) is 23.8. The molecule has 0 aromatic heterocycles. The molecule has 12 heteroatoms. The van der Waals surface area contributed by atoms with Gasteiger partial charge < -0.3 is 18.9 Å². The van der Waals surface area contributed by atoms with E-state index in [4.69, 9.17) is 53.8 Å². The highest BCUT2D eigenvalue weighted by Gasteiger charge is 2.51. The van der Waals surface area contributed by atoms with Crippen LogP contribution in [0.2, 0.25) is 15.1 Å². The van der Waals surface area contributed by atoms with Gasteiger partial charge in [0.15, 0.2) is 17.6 Å². The molecule has 1 aliphatic heterocycles. The molecule has 0 radical (unpaired) electrons. The lowest BCUT2D eigenvalue weighted by Gasteiger charge is -2.25. The summed E-state index contributed by atoms with van der Waals surface area (Å²) in [4.78, 5) is 50.6. The van der Waals surface area contributed by atoms with Crippen molar-refractivity contribution >= 4 is 70.4 Å². The topological polar surface area (TPSA) is 105 Å². The normalized spacial score (nSPS) is 19.9. The minimum absolute atomic E-state index is 0.177. The van der Waals surface area contributed by atoms with Crippen LogP contribution in [0.3, 0.4) is 0 Å². The van der Waals surface area contributed by atoms with Crippen molar-refractivity contribution in [2.75, 3.05) is 6.61 Å². The first-order chi connectivity index (χ1) is 19.1. The zero-order valence-electron chi connectivity index (χ0n) is 20.8. The van der Waals surface area contributed by atoms with Gasteiger partial charge in [-0.05, 0) is 72.8 Å². The van der Waals surface area contributed by atoms with E-state index in [1.54, 1.807) is 12.1 Å². The van der Waals surface area contributed by atoms with Crippen molar-refractivity contribution in [3.8, 4) is 0 Å². The van der Waals surface area contributed by atoms with Crippen molar-refractivity contribution in [2.24, 2.45) is 0 Å². The number of ether oxygens (including phenoxy) is 4. The van der Waals surface area contributed by atoms with Crippen LogP contribution in [0.4, 0.5) is 0 Å². The molecule has 0 aliphatic carbocycles.